The van der Waals surface area contributed by atoms with Crippen LogP contribution >= 0.6 is 0 Å². The van der Waals surface area contributed by atoms with Crippen LogP contribution in [0.5, 0.6) is 5.75 Å². The lowest BCUT2D eigenvalue weighted by atomic mass is 10.1. The fraction of sp³-hybridized carbons (Fsp3) is 0.429. The molecular formula is C14H18N2O3. The molecule has 102 valence electrons. The molecule has 0 bridgehead atoms. The standard InChI is InChI=1S/C14H18N2O3/c1-9-8-11(4-5-12(9)17)14(19)16-7-6-15-13(18)10-2-3-10/h4-5,8,10,17H,2-3,6-7H2,1H3,(H,15,18)(H,16,19). The maximum Gasteiger partial charge on any atom is 0.251 e. The lowest BCUT2D eigenvalue weighted by Gasteiger charge is -2.07. The second-order valence-electron chi connectivity index (χ2n) is 4.82. The number of phenols is 1. The number of phenolic OH excluding ortho intramolecular Hbond substituents is 1. The van der Waals surface area contributed by atoms with Crippen molar-refractivity contribution < 1.29 is 14.7 Å². The number of amides is 2. The smallest absolute Gasteiger partial charge is 0.251 e. The van der Waals surface area contributed by atoms with Gasteiger partial charge < -0.3 is 15.7 Å². The summed E-state index contributed by atoms with van der Waals surface area (Å²) in [5.41, 5.74) is 1.17. The first-order chi connectivity index (χ1) is 9.08. The Morgan fingerprint density at radius 3 is 2.58 bits per heavy atom. The van der Waals surface area contributed by atoms with E-state index in [2.05, 4.69) is 10.6 Å². The number of benzene rings is 1. The van der Waals surface area contributed by atoms with E-state index in [-0.39, 0.29) is 23.5 Å². The molecule has 0 spiro atoms. The van der Waals surface area contributed by atoms with Crippen molar-refractivity contribution in [3.63, 3.8) is 0 Å². The van der Waals surface area contributed by atoms with Crippen LogP contribution in [0.1, 0.15) is 28.8 Å². The normalized spacial score (nSPS) is 13.9. The average molecular weight is 262 g/mol. The van der Waals surface area contributed by atoms with Crippen LogP contribution in [-0.2, 0) is 4.79 Å². The van der Waals surface area contributed by atoms with Gasteiger partial charge >= 0.3 is 0 Å². The summed E-state index contributed by atoms with van der Waals surface area (Å²) in [6, 6.07) is 4.70. The highest BCUT2D eigenvalue weighted by Gasteiger charge is 2.28. The minimum Gasteiger partial charge on any atom is -0.508 e. The Balaban J connectivity index is 1.74. The highest BCUT2D eigenvalue weighted by Crippen LogP contribution is 2.28. The molecule has 1 aliphatic rings. The molecule has 3 N–H and O–H groups in total. The maximum absolute atomic E-state index is 11.8. The van der Waals surface area contributed by atoms with E-state index >= 15 is 0 Å². The van der Waals surface area contributed by atoms with Gasteiger partial charge in [0.05, 0.1) is 0 Å². The summed E-state index contributed by atoms with van der Waals surface area (Å²) in [5.74, 6) is 0.238. The number of hydrogen-bond acceptors (Lipinski definition) is 3. The Bertz CT molecular complexity index is 495. The zero-order valence-corrected chi connectivity index (χ0v) is 10.9. The van der Waals surface area contributed by atoms with Gasteiger partial charge in [0.15, 0.2) is 0 Å². The highest BCUT2D eigenvalue weighted by atomic mass is 16.3. The van der Waals surface area contributed by atoms with E-state index in [1.807, 2.05) is 0 Å². The van der Waals surface area contributed by atoms with Crippen LogP contribution in [0.25, 0.3) is 0 Å². The first-order valence-corrected chi connectivity index (χ1v) is 6.43. The van der Waals surface area contributed by atoms with Crippen LogP contribution in [0.3, 0.4) is 0 Å². The molecule has 0 atom stereocenters. The van der Waals surface area contributed by atoms with Crippen LogP contribution < -0.4 is 10.6 Å². The van der Waals surface area contributed by atoms with E-state index in [4.69, 9.17) is 0 Å². The molecule has 0 aliphatic heterocycles. The van der Waals surface area contributed by atoms with Crippen LogP contribution in [-0.4, -0.2) is 30.0 Å². The second kappa shape index (κ2) is 5.73. The Hall–Kier alpha value is -2.04. The lowest BCUT2D eigenvalue weighted by Crippen LogP contribution is -2.35. The number of aryl methyl sites for hydroxylation is 1. The quantitative estimate of drug-likeness (QED) is 0.691. The van der Waals surface area contributed by atoms with Gasteiger partial charge in [-0.25, -0.2) is 0 Å². The van der Waals surface area contributed by atoms with Crippen molar-refractivity contribution in [2.45, 2.75) is 19.8 Å². The minimum atomic E-state index is -0.205. The first-order valence-electron chi connectivity index (χ1n) is 6.43. The van der Waals surface area contributed by atoms with E-state index in [0.29, 0.717) is 24.2 Å². The van der Waals surface area contributed by atoms with E-state index in [1.165, 1.54) is 6.07 Å². The molecule has 0 aromatic heterocycles. The Labute approximate surface area is 112 Å². The average Bonchev–Trinajstić information content (AvgIpc) is 3.21. The molecule has 2 amide bonds. The van der Waals surface area contributed by atoms with Crippen molar-refractivity contribution in [2.75, 3.05) is 13.1 Å². The number of aromatic hydroxyl groups is 1. The van der Waals surface area contributed by atoms with Gasteiger partial charge in [0, 0.05) is 24.6 Å². The SMILES string of the molecule is Cc1cc(C(=O)NCCNC(=O)C2CC2)ccc1O. The summed E-state index contributed by atoms with van der Waals surface area (Å²) in [4.78, 5) is 23.1. The van der Waals surface area contributed by atoms with Gasteiger partial charge in [-0.1, -0.05) is 0 Å². The van der Waals surface area contributed by atoms with E-state index < -0.39 is 0 Å². The molecule has 0 saturated heterocycles. The van der Waals surface area contributed by atoms with Crippen molar-refractivity contribution in [3.05, 3.63) is 29.3 Å². The van der Waals surface area contributed by atoms with Gasteiger partial charge in [-0.3, -0.25) is 9.59 Å². The summed E-state index contributed by atoms with van der Waals surface area (Å²) in [7, 11) is 0. The van der Waals surface area contributed by atoms with E-state index in [0.717, 1.165) is 12.8 Å². The molecule has 19 heavy (non-hydrogen) atoms. The van der Waals surface area contributed by atoms with E-state index in [9.17, 15) is 14.7 Å². The summed E-state index contributed by atoms with van der Waals surface area (Å²) in [5, 5.41) is 14.9. The van der Waals surface area contributed by atoms with Gasteiger partial charge in [-0.15, -0.1) is 0 Å². The van der Waals surface area contributed by atoms with Gasteiger partial charge in [-0.2, -0.15) is 0 Å². The van der Waals surface area contributed by atoms with Crippen LogP contribution in [0.15, 0.2) is 18.2 Å². The largest absolute Gasteiger partial charge is 0.508 e. The monoisotopic (exact) mass is 262 g/mol. The van der Waals surface area contributed by atoms with Crippen molar-refractivity contribution in [2.24, 2.45) is 5.92 Å². The van der Waals surface area contributed by atoms with Crippen LogP contribution in [0.2, 0.25) is 0 Å². The third-order valence-electron chi connectivity index (χ3n) is 3.12. The van der Waals surface area contributed by atoms with Crippen molar-refractivity contribution >= 4 is 11.8 Å². The molecule has 0 radical (unpaired) electrons. The molecule has 1 fully saturated rings. The molecule has 0 heterocycles. The van der Waals surface area contributed by atoms with Gasteiger partial charge in [0.2, 0.25) is 5.91 Å². The van der Waals surface area contributed by atoms with Gasteiger partial charge in [-0.05, 0) is 43.5 Å². The summed E-state index contributed by atoms with van der Waals surface area (Å²) >= 11 is 0. The number of hydrogen-bond donors (Lipinski definition) is 3. The molecule has 1 aliphatic carbocycles. The van der Waals surface area contributed by atoms with Gasteiger partial charge in [0.1, 0.15) is 5.75 Å². The number of carbonyl (C=O) groups excluding carboxylic acids is 2. The Kier molecular flexibility index (Phi) is 4.04. The number of rotatable bonds is 5. The first kappa shape index (κ1) is 13.4. The second-order valence-corrected chi connectivity index (χ2v) is 4.82. The lowest BCUT2D eigenvalue weighted by molar-refractivity contribution is -0.122. The zero-order chi connectivity index (χ0) is 13.8. The fourth-order valence-electron chi connectivity index (χ4n) is 1.75. The predicted octanol–water partition coefficient (Wildman–Crippen LogP) is 0.957. The van der Waals surface area contributed by atoms with Crippen molar-refractivity contribution in [3.8, 4) is 5.75 Å². The third-order valence-corrected chi connectivity index (χ3v) is 3.12. The number of nitrogens with one attached hydrogen (secondary N) is 2. The summed E-state index contributed by atoms with van der Waals surface area (Å²) in [6.45, 7) is 2.58. The van der Waals surface area contributed by atoms with Crippen molar-refractivity contribution in [1.82, 2.24) is 10.6 Å². The fourth-order valence-corrected chi connectivity index (χ4v) is 1.75. The van der Waals surface area contributed by atoms with Crippen molar-refractivity contribution in [1.29, 1.82) is 0 Å². The maximum atomic E-state index is 11.8. The molecule has 1 aromatic rings. The third kappa shape index (κ3) is 3.71. The minimum absolute atomic E-state index is 0.0785. The number of carbonyl (C=O) groups is 2. The predicted molar refractivity (Wildman–Crippen MR) is 70.9 cm³/mol. The topological polar surface area (TPSA) is 78.4 Å². The van der Waals surface area contributed by atoms with Crippen LogP contribution in [0.4, 0.5) is 0 Å². The summed E-state index contributed by atoms with van der Waals surface area (Å²) in [6.07, 6.45) is 1.95. The highest BCUT2D eigenvalue weighted by molar-refractivity contribution is 5.94. The van der Waals surface area contributed by atoms with Crippen LogP contribution in [0, 0.1) is 12.8 Å². The molecule has 2 rings (SSSR count). The molecule has 5 heteroatoms. The Morgan fingerprint density at radius 1 is 1.26 bits per heavy atom. The molecule has 0 unspecified atom stereocenters. The molecule has 1 saturated carbocycles. The van der Waals surface area contributed by atoms with Gasteiger partial charge in [0.25, 0.3) is 5.91 Å². The molecule has 5 nitrogen and oxygen atoms in total. The summed E-state index contributed by atoms with van der Waals surface area (Å²) < 4.78 is 0. The zero-order valence-electron chi connectivity index (χ0n) is 10.9. The van der Waals surface area contributed by atoms with E-state index in [1.54, 1.807) is 19.1 Å². The molecular weight excluding hydrogens is 244 g/mol. The Morgan fingerprint density at radius 2 is 1.95 bits per heavy atom. The molecule has 1 aromatic carbocycles.